The number of hydrogen-bond acceptors (Lipinski definition) is 2. The maximum atomic E-state index is 15.4. The van der Waals surface area contributed by atoms with Gasteiger partial charge in [-0.1, -0.05) is 134 Å². The van der Waals surface area contributed by atoms with Crippen molar-refractivity contribution in [1.82, 2.24) is 0 Å². The minimum atomic E-state index is -0.797. The maximum Gasteiger partial charge on any atom is 0.147 e. The number of fused-ring (bicyclic) bond motifs is 4. The average Bonchev–Trinajstić information content (AvgIpc) is 3.42. The van der Waals surface area contributed by atoms with Gasteiger partial charge in [0.05, 0.1) is 10.8 Å². The summed E-state index contributed by atoms with van der Waals surface area (Å²) in [6.07, 6.45) is 9.24. The van der Waals surface area contributed by atoms with Crippen molar-refractivity contribution in [1.29, 1.82) is 0 Å². The topological polar surface area (TPSA) is 34.1 Å². The molecule has 4 fully saturated rings. The van der Waals surface area contributed by atoms with Crippen LogP contribution in [0.2, 0.25) is 0 Å². The van der Waals surface area contributed by atoms with Crippen LogP contribution in [0.4, 0.5) is 0 Å². The molecular formula is C38H44Br2O2. The van der Waals surface area contributed by atoms with Crippen LogP contribution >= 0.6 is 31.9 Å². The van der Waals surface area contributed by atoms with E-state index >= 15 is 9.59 Å². The minimum Gasteiger partial charge on any atom is -0.298 e. The van der Waals surface area contributed by atoms with Crippen LogP contribution in [0.25, 0.3) is 12.2 Å². The Labute approximate surface area is 269 Å². The molecule has 42 heavy (non-hydrogen) atoms. The van der Waals surface area contributed by atoms with E-state index in [9.17, 15) is 0 Å². The van der Waals surface area contributed by atoms with E-state index in [-0.39, 0.29) is 22.7 Å². The third kappa shape index (κ3) is 3.73. The molecule has 0 saturated heterocycles. The molecule has 2 aromatic carbocycles. The molecule has 0 aromatic heterocycles. The number of carbonyl (C=O) groups is 2. The second kappa shape index (κ2) is 9.86. The minimum absolute atomic E-state index is 0.124. The predicted octanol–water partition coefficient (Wildman–Crippen LogP) is 10.7. The zero-order valence-electron chi connectivity index (χ0n) is 25.9. The van der Waals surface area contributed by atoms with Gasteiger partial charge in [-0.3, -0.25) is 9.59 Å². The van der Waals surface area contributed by atoms with Gasteiger partial charge < -0.3 is 0 Å². The monoisotopic (exact) mass is 690 g/mol. The van der Waals surface area contributed by atoms with Crippen molar-refractivity contribution < 1.29 is 9.59 Å². The van der Waals surface area contributed by atoms with E-state index in [1.165, 1.54) is 0 Å². The van der Waals surface area contributed by atoms with Crippen LogP contribution < -0.4 is 0 Å². The Morgan fingerprint density at radius 2 is 0.976 bits per heavy atom. The summed E-state index contributed by atoms with van der Waals surface area (Å²) in [5, 5.41) is 0. The zero-order valence-corrected chi connectivity index (χ0v) is 29.1. The first-order valence-corrected chi connectivity index (χ1v) is 17.2. The second-order valence-electron chi connectivity index (χ2n) is 15.2. The first-order valence-electron chi connectivity index (χ1n) is 15.6. The van der Waals surface area contributed by atoms with Gasteiger partial charge in [0.1, 0.15) is 11.6 Å². The number of rotatable bonds is 7. The molecule has 2 nitrogen and oxygen atoms in total. The summed E-state index contributed by atoms with van der Waals surface area (Å²) in [6.45, 7) is 13.7. The van der Waals surface area contributed by atoms with Crippen LogP contribution in [-0.2, 0) is 9.59 Å². The molecule has 4 aliphatic rings. The molecule has 0 unspecified atom stereocenters. The Balaban J connectivity index is 1.61. The van der Waals surface area contributed by atoms with E-state index in [1.807, 2.05) is 36.4 Å². The van der Waals surface area contributed by atoms with Gasteiger partial charge >= 0.3 is 0 Å². The van der Waals surface area contributed by atoms with Crippen LogP contribution in [0, 0.1) is 44.3 Å². The Kier molecular flexibility index (Phi) is 7.10. The van der Waals surface area contributed by atoms with Crippen LogP contribution in [-0.4, -0.2) is 11.6 Å². The summed E-state index contributed by atoms with van der Waals surface area (Å²) in [4.78, 5) is 30.9. The predicted molar refractivity (Wildman–Crippen MR) is 180 cm³/mol. The van der Waals surface area contributed by atoms with Crippen molar-refractivity contribution in [3.8, 4) is 0 Å². The molecule has 2 aromatic rings. The Morgan fingerprint density at radius 1 is 0.643 bits per heavy atom. The smallest absolute Gasteiger partial charge is 0.147 e. The second-order valence-corrected chi connectivity index (χ2v) is 17.3. The number of Topliss-reactive ketones (excluding diaryl/α,β-unsaturated/α-hetero) is 2. The molecule has 4 heteroatoms. The van der Waals surface area contributed by atoms with Crippen molar-refractivity contribution in [2.45, 2.75) is 80.1 Å². The standard InChI is InChI=1S/C38H44Br2O2/c1-33(2)29-17-19-35(33,5)31(41)37(29,23-27(39)21-25-13-9-7-10-14-25)38(24-28(40)22-26-15-11-8-12-16-26)30-18-20-36(6,32(38)42)34(30,3)4/h7-16,21-22,29-30H,17-20,23-24H2,1-6H3/b27-21-,28-22-/t29-,30+,35+,36-,37-,38+. The molecule has 0 heterocycles. The number of halogens is 2. The third-order valence-electron chi connectivity index (χ3n) is 13.4. The summed E-state index contributed by atoms with van der Waals surface area (Å²) in [5.74, 6) is 0.905. The molecule has 6 atom stereocenters. The van der Waals surface area contributed by atoms with E-state index in [4.69, 9.17) is 0 Å². The summed E-state index contributed by atoms with van der Waals surface area (Å²) in [5.41, 5.74) is -0.679. The fourth-order valence-corrected chi connectivity index (χ4v) is 12.1. The molecule has 0 radical (unpaired) electrons. The van der Waals surface area contributed by atoms with Gasteiger partial charge in [0.25, 0.3) is 0 Å². The SMILES string of the molecule is CC1(C)[C@H]2CC[C@@]1(C)C(=O)[C@]2(C/C(Br)=C/c1ccccc1)[C@]1(C/C(Br)=C/c2ccccc2)C(=O)[C@@]2(C)CC[C@H]1C2(C)C. The first-order chi connectivity index (χ1) is 19.7. The summed E-state index contributed by atoms with van der Waals surface area (Å²) < 4.78 is 2.02. The molecule has 222 valence electrons. The molecule has 4 aliphatic carbocycles. The van der Waals surface area contributed by atoms with Crippen molar-refractivity contribution >= 4 is 55.6 Å². The fourth-order valence-electron chi connectivity index (χ4n) is 10.7. The van der Waals surface area contributed by atoms with Gasteiger partial charge in [-0.05, 0) is 93.4 Å². The lowest BCUT2D eigenvalue weighted by molar-refractivity contribution is -0.164. The van der Waals surface area contributed by atoms with Gasteiger partial charge in [-0.15, -0.1) is 0 Å². The van der Waals surface area contributed by atoms with Gasteiger partial charge in [0, 0.05) is 10.8 Å². The van der Waals surface area contributed by atoms with E-state index in [0.29, 0.717) is 24.4 Å². The van der Waals surface area contributed by atoms with Crippen molar-refractivity contribution in [3.05, 3.63) is 80.8 Å². The summed E-state index contributed by atoms with van der Waals surface area (Å²) >= 11 is 7.98. The molecule has 4 saturated carbocycles. The highest BCUT2D eigenvalue weighted by Gasteiger charge is 2.85. The molecule has 4 bridgehead atoms. The van der Waals surface area contributed by atoms with Crippen molar-refractivity contribution in [2.75, 3.05) is 0 Å². The van der Waals surface area contributed by atoms with E-state index in [1.54, 1.807) is 0 Å². The van der Waals surface area contributed by atoms with Crippen LogP contribution in [0.3, 0.4) is 0 Å². The number of hydrogen-bond donors (Lipinski definition) is 0. The molecule has 0 aliphatic heterocycles. The highest BCUT2D eigenvalue weighted by atomic mass is 79.9. The maximum absolute atomic E-state index is 15.4. The average molecular weight is 693 g/mol. The van der Waals surface area contributed by atoms with E-state index in [2.05, 4.69) is 110 Å². The highest BCUT2D eigenvalue weighted by molar-refractivity contribution is 9.12. The van der Waals surface area contributed by atoms with Crippen molar-refractivity contribution in [2.24, 2.45) is 44.3 Å². The Morgan fingerprint density at radius 3 is 1.26 bits per heavy atom. The molecule has 0 amide bonds. The largest absolute Gasteiger partial charge is 0.298 e. The summed E-state index contributed by atoms with van der Waals surface area (Å²) in [6, 6.07) is 20.6. The molecular weight excluding hydrogens is 648 g/mol. The van der Waals surface area contributed by atoms with Crippen molar-refractivity contribution in [3.63, 3.8) is 0 Å². The number of benzene rings is 2. The lowest BCUT2D eigenvalue weighted by Crippen LogP contribution is -2.60. The molecule has 0 N–H and O–H groups in total. The van der Waals surface area contributed by atoms with Crippen LogP contribution in [0.5, 0.6) is 0 Å². The van der Waals surface area contributed by atoms with Crippen LogP contribution in [0.1, 0.15) is 91.2 Å². The number of carbonyl (C=O) groups excluding carboxylic acids is 2. The quantitative estimate of drug-likeness (QED) is 0.290. The zero-order chi connectivity index (χ0) is 30.3. The normalized spacial score (nSPS) is 38.5. The Hall–Kier alpha value is -1.78. The van der Waals surface area contributed by atoms with E-state index < -0.39 is 21.7 Å². The van der Waals surface area contributed by atoms with E-state index in [0.717, 1.165) is 45.8 Å². The molecule has 6 rings (SSSR count). The number of allylic oxidation sites excluding steroid dienone is 2. The van der Waals surface area contributed by atoms with Gasteiger partial charge in [0.2, 0.25) is 0 Å². The van der Waals surface area contributed by atoms with Gasteiger partial charge in [0.15, 0.2) is 0 Å². The van der Waals surface area contributed by atoms with Gasteiger partial charge in [-0.25, -0.2) is 0 Å². The number of ketones is 2. The first kappa shape index (κ1) is 30.3. The lowest BCUT2D eigenvalue weighted by Gasteiger charge is -2.55. The molecule has 0 spiro atoms. The summed E-state index contributed by atoms with van der Waals surface area (Å²) in [7, 11) is 0. The highest BCUT2D eigenvalue weighted by Crippen LogP contribution is 2.84. The fraction of sp³-hybridized carbons (Fsp3) is 0.526. The van der Waals surface area contributed by atoms with Gasteiger partial charge in [-0.2, -0.15) is 0 Å². The Bertz CT molecular complexity index is 1370. The van der Waals surface area contributed by atoms with Crippen LogP contribution in [0.15, 0.2) is 69.6 Å². The lowest BCUT2D eigenvalue weighted by atomic mass is 9.45. The third-order valence-corrected chi connectivity index (χ3v) is 14.4.